The summed E-state index contributed by atoms with van der Waals surface area (Å²) in [5, 5.41) is 2.81. The molecule has 1 unspecified atom stereocenters. The summed E-state index contributed by atoms with van der Waals surface area (Å²) in [6.45, 7) is 0.640. The smallest absolute Gasteiger partial charge is 0.317 e. The Kier molecular flexibility index (Phi) is 6.26. The summed E-state index contributed by atoms with van der Waals surface area (Å²) in [4.78, 5) is 18.8. The van der Waals surface area contributed by atoms with Gasteiger partial charge in [-0.1, -0.05) is 12.8 Å². The Labute approximate surface area is 160 Å². The van der Waals surface area contributed by atoms with E-state index in [1.165, 1.54) is 24.3 Å². The fraction of sp³-hybridized carbons (Fsp3) is 0.368. The Morgan fingerprint density at radius 2 is 1.78 bits per heavy atom. The first-order valence-electron chi connectivity index (χ1n) is 8.76. The molecular formula is C19H20F3N3OS. The Morgan fingerprint density at radius 1 is 1.07 bits per heavy atom. The Bertz CT molecular complexity index is 753. The first-order valence-corrected chi connectivity index (χ1v) is 9.57. The van der Waals surface area contributed by atoms with Crippen LogP contribution in [0.4, 0.5) is 23.7 Å². The maximum atomic E-state index is 12.8. The highest BCUT2D eigenvalue weighted by Crippen LogP contribution is 2.37. The van der Waals surface area contributed by atoms with Gasteiger partial charge in [-0.2, -0.15) is 13.2 Å². The third kappa shape index (κ3) is 5.63. The lowest BCUT2D eigenvalue weighted by atomic mass is 10.0. The first kappa shape index (κ1) is 19.5. The summed E-state index contributed by atoms with van der Waals surface area (Å²) in [6.07, 6.45) is 7.34. The number of amides is 2. The van der Waals surface area contributed by atoms with E-state index in [4.69, 9.17) is 0 Å². The minimum Gasteiger partial charge on any atom is -0.317 e. The van der Waals surface area contributed by atoms with Crippen LogP contribution < -0.4 is 5.32 Å². The van der Waals surface area contributed by atoms with Crippen molar-refractivity contribution >= 4 is 23.5 Å². The van der Waals surface area contributed by atoms with E-state index in [0.717, 1.165) is 31.2 Å². The lowest BCUT2D eigenvalue weighted by Crippen LogP contribution is -2.38. The molecule has 1 aromatic heterocycles. The van der Waals surface area contributed by atoms with Crippen molar-refractivity contribution in [2.45, 2.75) is 42.1 Å². The first-order chi connectivity index (χ1) is 12.9. The molecule has 4 nitrogen and oxygen atoms in total. The highest BCUT2D eigenvalue weighted by molar-refractivity contribution is 8.00. The van der Waals surface area contributed by atoms with Crippen molar-refractivity contribution in [1.82, 2.24) is 9.88 Å². The Hall–Kier alpha value is -2.22. The van der Waals surface area contributed by atoms with Crippen molar-refractivity contribution in [1.29, 1.82) is 0 Å². The maximum Gasteiger partial charge on any atom is 0.446 e. The zero-order chi connectivity index (χ0) is 19.3. The van der Waals surface area contributed by atoms with Crippen LogP contribution in [0.2, 0.25) is 0 Å². The molecule has 1 N–H and O–H groups in total. The number of carbonyl (C=O) groups is 1. The molecule has 1 atom stereocenters. The number of rotatable bonds is 3. The van der Waals surface area contributed by atoms with Crippen molar-refractivity contribution in [3.63, 3.8) is 0 Å². The number of carbonyl (C=O) groups excluding carboxylic acids is 1. The summed E-state index contributed by atoms with van der Waals surface area (Å²) in [6, 6.07) is 9.26. The second kappa shape index (κ2) is 8.65. The highest BCUT2D eigenvalue weighted by atomic mass is 32.2. The van der Waals surface area contributed by atoms with Gasteiger partial charge in [-0.15, -0.1) is 0 Å². The van der Waals surface area contributed by atoms with E-state index < -0.39 is 5.51 Å². The van der Waals surface area contributed by atoms with Crippen molar-refractivity contribution in [2.24, 2.45) is 0 Å². The van der Waals surface area contributed by atoms with Gasteiger partial charge in [0.05, 0.1) is 6.04 Å². The molecule has 8 heteroatoms. The molecule has 0 bridgehead atoms. The van der Waals surface area contributed by atoms with Gasteiger partial charge >= 0.3 is 11.5 Å². The molecule has 1 fully saturated rings. The third-order valence-electron chi connectivity index (χ3n) is 4.44. The van der Waals surface area contributed by atoms with Crippen molar-refractivity contribution in [3.05, 3.63) is 54.4 Å². The normalized spacial score (nSPS) is 18.0. The summed E-state index contributed by atoms with van der Waals surface area (Å²) < 4.78 is 37.3. The van der Waals surface area contributed by atoms with Crippen LogP contribution in [0.15, 0.2) is 53.7 Å². The molecule has 2 heterocycles. The van der Waals surface area contributed by atoms with Crippen LogP contribution in [0.25, 0.3) is 0 Å². The van der Waals surface area contributed by atoms with Crippen LogP contribution in [0, 0.1) is 0 Å². The molecule has 2 amide bonds. The molecule has 27 heavy (non-hydrogen) atoms. The molecule has 1 aliphatic heterocycles. The zero-order valence-corrected chi connectivity index (χ0v) is 15.4. The summed E-state index contributed by atoms with van der Waals surface area (Å²) in [5.41, 5.74) is -2.81. The molecule has 144 valence electrons. The minimum absolute atomic E-state index is 0.0319. The van der Waals surface area contributed by atoms with E-state index in [-0.39, 0.29) is 28.7 Å². The number of pyridine rings is 1. The molecule has 0 spiro atoms. The summed E-state index contributed by atoms with van der Waals surface area (Å²) >= 11 is -0.172. The second-order valence-corrected chi connectivity index (χ2v) is 7.48. The van der Waals surface area contributed by atoms with Gasteiger partial charge in [0, 0.05) is 29.5 Å². The number of likely N-dealkylation sites (tertiary alicyclic amines) is 1. The molecule has 0 radical (unpaired) electrons. The van der Waals surface area contributed by atoms with E-state index >= 15 is 0 Å². The largest absolute Gasteiger partial charge is 0.446 e. The highest BCUT2D eigenvalue weighted by Gasteiger charge is 2.29. The number of hydrogen-bond acceptors (Lipinski definition) is 3. The van der Waals surface area contributed by atoms with E-state index in [1.807, 2.05) is 12.1 Å². The second-order valence-electron chi connectivity index (χ2n) is 6.34. The Morgan fingerprint density at radius 3 is 2.44 bits per heavy atom. The van der Waals surface area contributed by atoms with Gasteiger partial charge in [-0.3, -0.25) is 4.98 Å². The van der Waals surface area contributed by atoms with Gasteiger partial charge in [0.15, 0.2) is 0 Å². The quantitative estimate of drug-likeness (QED) is 0.664. The number of anilines is 1. The number of nitrogens with one attached hydrogen (secondary N) is 1. The number of aromatic nitrogens is 1. The molecule has 3 rings (SSSR count). The molecule has 0 aliphatic carbocycles. The molecular weight excluding hydrogens is 375 g/mol. The molecule has 1 aliphatic rings. The number of alkyl halides is 3. The van der Waals surface area contributed by atoms with Crippen molar-refractivity contribution in [2.75, 3.05) is 11.9 Å². The van der Waals surface area contributed by atoms with Gasteiger partial charge in [0.25, 0.3) is 0 Å². The molecule has 1 saturated heterocycles. The van der Waals surface area contributed by atoms with Crippen LogP contribution >= 0.6 is 11.8 Å². The predicted octanol–water partition coefficient (Wildman–Crippen LogP) is 5.84. The minimum atomic E-state index is -4.32. The predicted molar refractivity (Wildman–Crippen MR) is 99.5 cm³/mol. The van der Waals surface area contributed by atoms with Crippen molar-refractivity contribution < 1.29 is 18.0 Å². The van der Waals surface area contributed by atoms with Gasteiger partial charge in [0.2, 0.25) is 0 Å². The van der Waals surface area contributed by atoms with Gasteiger partial charge in [-0.05, 0) is 66.6 Å². The maximum absolute atomic E-state index is 12.8. The van der Waals surface area contributed by atoms with Crippen LogP contribution in [-0.4, -0.2) is 28.0 Å². The zero-order valence-electron chi connectivity index (χ0n) is 14.6. The summed E-state index contributed by atoms with van der Waals surface area (Å²) in [5.74, 6) is 0. The number of halogens is 3. The van der Waals surface area contributed by atoms with E-state index in [2.05, 4.69) is 10.3 Å². The number of urea groups is 1. The standard InChI is InChI=1S/C19H20F3N3OS/c20-19(21,22)27-16-7-5-15(6-8-16)24-18(26)25-13-3-1-2-4-17(25)14-9-11-23-12-10-14/h5-12,17H,1-4,13H2,(H,24,26). The molecule has 1 aromatic carbocycles. The average Bonchev–Trinajstić information content (AvgIpc) is 2.89. The summed E-state index contributed by atoms with van der Waals surface area (Å²) in [7, 11) is 0. The van der Waals surface area contributed by atoms with Crippen LogP contribution in [0.3, 0.4) is 0 Å². The monoisotopic (exact) mass is 395 g/mol. The lowest BCUT2D eigenvalue weighted by molar-refractivity contribution is -0.0328. The van der Waals surface area contributed by atoms with Crippen LogP contribution in [0.1, 0.15) is 37.3 Å². The number of thioether (sulfide) groups is 1. The molecule has 0 saturated carbocycles. The van der Waals surface area contributed by atoms with E-state index in [9.17, 15) is 18.0 Å². The SMILES string of the molecule is O=C(Nc1ccc(SC(F)(F)F)cc1)N1CCCCCC1c1ccncc1. The fourth-order valence-electron chi connectivity index (χ4n) is 3.22. The third-order valence-corrected chi connectivity index (χ3v) is 5.18. The van der Waals surface area contributed by atoms with Gasteiger partial charge in [0.1, 0.15) is 0 Å². The number of benzene rings is 1. The van der Waals surface area contributed by atoms with E-state index in [1.54, 1.807) is 17.3 Å². The number of nitrogens with zero attached hydrogens (tertiary/aromatic N) is 2. The van der Waals surface area contributed by atoms with Gasteiger partial charge < -0.3 is 10.2 Å². The van der Waals surface area contributed by atoms with Crippen LogP contribution in [0.5, 0.6) is 0 Å². The van der Waals surface area contributed by atoms with Crippen LogP contribution in [-0.2, 0) is 0 Å². The topological polar surface area (TPSA) is 45.2 Å². The van der Waals surface area contributed by atoms with Crippen molar-refractivity contribution in [3.8, 4) is 0 Å². The van der Waals surface area contributed by atoms with E-state index in [0.29, 0.717) is 12.2 Å². The lowest BCUT2D eigenvalue weighted by Gasteiger charge is -2.30. The molecule has 2 aromatic rings. The fourth-order valence-corrected chi connectivity index (χ4v) is 3.76. The van der Waals surface area contributed by atoms with Gasteiger partial charge in [-0.25, -0.2) is 4.79 Å². The Balaban J connectivity index is 1.71. The average molecular weight is 395 g/mol. The number of hydrogen-bond donors (Lipinski definition) is 1.